The molecule has 8 heteroatoms. The van der Waals surface area contributed by atoms with Crippen molar-refractivity contribution in [1.82, 2.24) is 14.9 Å². The van der Waals surface area contributed by atoms with Crippen LogP contribution in [0.1, 0.15) is 17.0 Å². The minimum atomic E-state index is -3.71. The van der Waals surface area contributed by atoms with Crippen molar-refractivity contribution in [3.63, 3.8) is 0 Å². The number of aromatic nitrogens is 2. The van der Waals surface area contributed by atoms with Gasteiger partial charge in [-0.05, 0) is 13.0 Å². The average Bonchev–Trinajstić information content (AvgIpc) is 2.95. The molecule has 2 aromatic heterocycles. The molecular formula is C10H13N3O4S. The van der Waals surface area contributed by atoms with Gasteiger partial charge in [-0.2, -0.15) is 5.10 Å². The van der Waals surface area contributed by atoms with Gasteiger partial charge in [-0.15, -0.1) is 0 Å². The van der Waals surface area contributed by atoms with E-state index in [2.05, 4.69) is 14.9 Å². The number of hydrogen-bond donors (Lipinski definition) is 3. The summed E-state index contributed by atoms with van der Waals surface area (Å²) in [5.41, 5.74) is 1.20. The Morgan fingerprint density at radius 2 is 2.33 bits per heavy atom. The standard InChI is InChI=1S/C10H13N3O4S/c1-7-10(9(5-14)13-12-7)18(15,16)11-4-8-2-3-17-6-8/h2-3,6,11,14H,4-5H2,1H3,(H,12,13). The molecule has 0 saturated carbocycles. The van der Waals surface area contributed by atoms with E-state index in [-0.39, 0.29) is 17.1 Å². The molecule has 3 N–H and O–H groups in total. The summed E-state index contributed by atoms with van der Waals surface area (Å²) >= 11 is 0. The van der Waals surface area contributed by atoms with E-state index in [4.69, 9.17) is 9.52 Å². The minimum Gasteiger partial charge on any atom is -0.472 e. The summed E-state index contributed by atoms with van der Waals surface area (Å²) in [7, 11) is -3.71. The molecule has 0 atom stereocenters. The highest BCUT2D eigenvalue weighted by Gasteiger charge is 2.23. The van der Waals surface area contributed by atoms with Crippen molar-refractivity contribution >= 4 is 10.0 Å². The monoisotopic (exact) mass is 271 g/mol. The van der Waals surface area contributed by atoms with Gasteiger partial charge in [0.1, 0.15) is 10.6 Å². The maximum absolute atomic E-state index is 12.1. The molecule has 7 nitrogen and oxygen atoms in total. The maximum atomic E-state index is 12.1. The summed E-state index contributed by atoms with van der Waals surface area (Å²) in [6, 6.07) is 1.66. The van der Waals surface area contributed by atoms with Crippen molar-refractivity contribution in [2.45, 2.75) is 25.0 Å². The van der Waals surface area contributed by atoms with Crippen LogP contribution >= 0.6 is 0 Å². The van der Waals surface area contributed by atoms with Gasteiger partial charge >= 0.3 is 0 Å². The van der Waals surface area contributed by atoms with Crippen LogP contribution in [0.3, 0.4) is 0 Å². The van der Waals surface area contributed by atoms with Crippen molar-refractivity contribution in [2.75, 3.05) is 0 Å². The van der Waals surface area contributed by atoms with Crippen LogP contribution in [-0.4, -0.2) is 23.7 Å². The molecule has 2 heterocycles. The van der Waals surface area contributed by atoms with Crippen LogP contribution in [0.4, 0.5) is 0 Å². The Hall–Kier alpha value is -1.64. The molecule has 0 aliphatic rings. The summed E-state index contributed by atoms with van der Waals surface area (Å²) in [6.45, 7) is 1.26. The van der Waals surface area contributed by atoms with Gasteiger partial charge in [0, 0.05) is 12.1 Å². The Bertz CT molecular complexity index is 616. The fourth-order valence-electron chi connectivity index (χ4n) is 1.58. The molecule has 0 aliphatic carbocycles. The molecule has 98 valence electrons. The lowest BCUT2D eigenvalue weighted by atomic mass is 10.4. The molecule has 0 saturated heterocycles. The maximum Gasteiger partial charge on any atom is 0.244 e. The summed E-state index contributed by atoms with van der Waals surface area (Å²) in [6.07, 6.45) is 2.92. The Balaban J connectivity index is 2.22. The number of hydrogen-bond acceptors (Lipinski definition) is 5. The SMILES string of the molecule is Cc1[nH]nc(CO)c1S(=O)(=O)NCc1ccoc1. The van der Waals surface area contributed by atoms with Crippen molar-refractivity contribution in [1.29, 1.82) is 0 Å². The van der Waals surface area contributed by atoms with Crippen molar-refractivity contribution < 1.29 is 17.9 Å². The summed E-state index contributed by atoms with van der Waals surface area (Å²) in [4.78, 5) is -0.00602. The van der Waals surface area contributed by atoms with Crippen LogP contribution in [0.5, 0.6) is 0 Å². The predicted octanol–water partition coefficient (Wildman–Crippen LogP) is 0.282. The molecule has 0 radical (unpaired) electrons. The van der Waals surface area contributed by atoms with Crippen molar-refractivity contribution in [2.24, 2.45) is 0 Å². The lowest BCUT2D eigenvalue weighted by molar-refractivity contribution is 0.273. The fourth-order valence-corrected chi connectivity index (χ4v) is 2.95. The first-order valence-electron chi connectivity index (χ1n) is 5.20. The summed E-state index contributed by atoms with van der Waals surface area (Å²) in [5.74, 6) is 0. The Morgan fingerprint density at radius 3 is 2.94 bits per heavy atom. The van der Waals surface area contributed by atoms with Crippen molar-refractivity contribution in [3.05, 3.63) is 35.5 Å². The number of sulfonamides is 1. The largest absolute Gasteiger partial charge is 0.472 e. The van der Waals surface area contributed by atoms with Crippen LogP contribution in [0.25, 0.3) is 0 Å². The molecular weight excluding hydrogens is 258 g/mol. The number of aromatic amines is 1. The molecule has 0 fully saturated rings. The van der Waals surface area contributed by atoms with E-state index in [0.717, 1.165) is 0 Å². The first kappa shape index (κ1) is 12.8. The highest BCUT2D eigenvalue weighted by molar-refractivity contribution is 7.89. The second kappa shape index (κ2) is 4.92. The van der Waals surface area contributed by atoms with Crippen LogP contribution in [0, 0.1) is 6.92 Å². The lowest BCUT2D eigenvalue weighted by Crippen LogP contribution is -2.24. The molecule has 2 rings (SSSR count). The van der Waals surface area contributed by atoms with Gasteiger partial charge in [0.25, 0.3) is 0 Å². The Kier molecular flexibility index (Phi) is 3.50. The third-order valence-electron chi connectivity index (χ3n) is 2.43. The lowest BCUT2D eigenvalue weighted by Gasteiger charge is -2.05. The van der Waals surface area contributed by atoms with Gasteiger partial charge in [-0.3, -0.25) is 5.10 Å². The number of furan rings is 1. The van der Waals surface area contributed by atoms with Crippen LogP contribution < -0.4 is 4.72 Å². The highest BCUT2D eigenvalue weighted by atomic mass is 32.2. The van der Waals surface area contributed by atoms with Crippen LogP contribution in [0.15, 0.2) is 27.9 Å². The van der Waals surface area contributed by atoms with Gasteiger partial charge < -0.3 is 9.52 Å². The van der Waals surface area contributed by atoms with Gasteiger partial charge in [-0.25, -0.2) is 13.1 Å². The third-order valence-corrected chi connectivity index (χ3v) is 4.03. The number of aliphatic hydroxyl groups excluding tert-OH is 1. The van der Waals surface area contributed by atoms with E-state index in [1.807, 2.05) is 0 Å². The Morgan fingerprint density at radius 1 is 1.56 bits per heavy atom. The molecule has 0 amide bonds. The van der Waals surface area contributed by atoms with Gasteiger partial charge in [0.15, 0.2) is 0 Å². The number of nitrogens with zero attached hydrogens (tertiary/aromatic N) is 1. The van der Waals surface area contributed by atoms with E-state index in [1.165, 1.54) is 12.5 Å². The average molecular weight is 271 g/mol. The quantitative estimate of drug-likeness (QED) is 0.724. The fraction of sp³-hybridized carbons (Fsp3) is 0.300. The summed E-state index contributed by atoms with van der Waals surface area (Å²) in [5, 5.41) is 15.3. The van der Waals surface area contributed by atoms with Crippen molar-refractivity contribution in [3.8, 4) is 0 Å². The second-order valence-corrected chi connectivity index (χ2v) is 5.44. The molecule has 0 aliphatic heterocycles. The van der Waals surface area contributed by atoms with Gasteiger partial charge in [0.2, 0.25) is 10.0 Å². The van der Waals surface area contributed by atoms with Crippen LogP contribution in [-0.2, 0) is 23.2 Å². The highest BCUT2D eigenvalue weighted by Crippen LogP contribution is 2.17. The minimum absolute atomic E-state index is 0.00602. The number of nitrogens with one attached hydrogen (secondary N) is 2. The zero-order valence-corrected chi connectivity index (χ0v) is 10.5. The second-order valence-electron chi connectivity index (χ2n) is 3.74. The molecule has 2 aromatic rings. The third kappa shape index (κ3) is 2.45. The summed E-state index contributed by atoms with van der Waals surface area (Å²) < 4.78 is 31.4. The number of aliphatic hydroxyl groups is 1. The van der Waals surface area contributed by atoms with Crippen LogP contribution in [0.2, 0.25) is 0 Å². The topological polar surface area (TPSA) is 108 Å². The molecule has 18 heavy (non-hydrogen) atoms. The van der Waals surface area contributed by atoms with E-state index in [1.54, 1.807) is 13.0 Å². The van der Waals surface area contributed by atoms with Gasteiger partial charge in [-0.1, -0.05) is 0 Å². The van der Waals surface area contributed by atoms with E-state index >= 15 is 0 Å². The van der Waals surface area contributed by atoms with E-state index in [0.29, 0.717) is 11.3 Å². The number of H-pyrrole nitrogens is 1. The first-order chi connectivity index (χ1) is 8.54. The zero-order chi connectivity index (χ0) is 13.2. The number of aryl methyl sites for hydroxylation is 1. The molecule has 0 bridgehead atoms. The van der Waals surface area contributed by atoms with E-state index in [9.17, 15) is 8.42 Å². The smallest absolute Gasteiger partial charge is 0.244 e. The van der Waals surface area contributed by atoms with Gasteiger partial charge in [0.05, 0.1) is 24.8 Å². The molecule has 0 aromatic carbocycles. The Labute approximate surface area is 104 Å². The first-order valence-corrected chi connectivity index (χ1v) is 6.68. The molecule has 0 unspecified atom stereocenters. The predicted molar refractivity (Wildman–Crippen MR) is 62.0 cm³/mol. The normalized spacial score (nSPS) is 11.9. The van der Waals surface area contributed by atoms with E-state index < -0.39 is 16.6 Å². The zero-order valence-electron chi connectivity index (χ0n) is 9.67. The molecule has 0 spiro atoms. The number of rotatable bonds is 5.